The lowest BCUT2D eigenvalue weighted by molar-refractivity contribution is 0.263. The molecule has 1 saturated carbocycles. The van der Waals surface area contributed by atoms with Gasteiger partial charge < -0.3 is 4.52 Å². The fourth-order valence-electron chi connectivity index (χ4n) is 3.27. The van der Waals surface area contributed by atoms with Crippen molar-refractivity contribution >= 4 is 0 Å². The van der Waals surface area contributed by atoms with Crippen LogP contribution in [-0.4, -0.2) is 10.1 Å². The maximum atomic E-state index is 8.96. The number of rotatable bonds is 6. The maximum absolute atomic E-state index is 8.96. The third kappa shape index (κ3) is 4.06. The smallest absolute Gasteiger partial charge is 0.227 e. The standard InChI is InChI=1S/C17H27N3O/c1-4-13-7-6-8-14(11-13)16-19-15(21-20-16)12-17(3,5-2)9-10-18/h13-14H,4-9,11-12H2,1-3H3. The molecular weight excluding hydrogens is 262 g/mol. The summed E-state index contributed by atoms with van der Waals surface area (Å²) >= 11 is 0. The summed E-state index contributed by atoms with van der Waals surface area (Å²) in [5.41, 5.74) is -0.0585. The quantitative estimate of drug-likeness (QED) is 0.766. The summed E-state index contributed by atoms with van der Waals surface area (Å²) in [5, 5.41) is 13.2. The normalized spacial score (nSPS) is 25.2. The lowest BCUT2D eigenvalue weighted by atomic mass is 9.80. The van der Waals surface area contributed by atoms with E-state index < -0.39 is 0 Å². The number of hydrogen-bond acceptors (Lipinski definition) is 4. The second kappa shape index (κ2) is 7.06. The topological polar surface area (TPSA) is 62.7 Å². The van der Waals surface area contributed by atoms with Crippen LogP contribution in [0, 0.1) is 22.7 Å². The molecule has 1 aromatic rings. The van der Waals surface area contributed by atoms with E-state index in [9.17, 15) is 0 Å². The molecular formula is C17H27N3O. The molecule has 4 heteroatoms. The van der Waals surface area contributed by atoms with Crippen LogP contribution in [0.2, 0.25) is 0 Å². The second-order valence-electron chi connectivity index (χ2n) is 6.86. The Morgan fingerprint density at radius 2 is 2.19 bits per heavy atom. The Balaban J connectivity index is 2.02. The van der Waals surface area contributed by atoms with Crippen LogP contribution in [-0.2, 0) is 6.42 Å². The summed E-state index contributed by atoms with van der Waals surface area (Å²) in [6.45, 7) is 6.50. The van der Waals surface area contributed by atoms with Gasteiger partial charge in [0.15, 0.2) is 5.82 Å². The molecule has 3 unspecified atom stereocenters. The Bertz CT molecular complexity index is 490. The van der Waals surface area contributed by atoms with Gasteiger partial charge in [0.05, 0.1) is 6.07 Å². The van der Waals surface area contributed by atoms with Gasteiger partial charge in [-0.15, -0.1) is 0 Å². The molecule has 1 heterocycles. The Labute approximate surface area is 127 Å². The Morgan fingerprint density at radius 1 is 1.38 bits per heavy atom. The molecule has 1 aromatic heterocycles. The molecule has 0 aromatic carbocycles. The van der Waals surface area contributed by atoms with E-state index in [0.717, 1.165) is 18.2 Å². The molecule has 116 valence electrons. The number of aromatic nitrogens is 2. The second-order valence-corrected chi connectivity index (χ2v) is 6.86. The Hall–Kier alpha value is -1.37. The third-order valence-corrected chi connectivity index (χ3v) is 5.15. The molecule has 1 fully saturated rings. The van der Waals surface area contributed by atoms with Crippen LogP contribution in [0.25, 0.3) is 0 Å². The third-order valence-electron chi connectivity index (χ3n) is 5.15. The molecule has 0 saturated heterocycles. The van der Waals surface area contributed by atoms with E-state index in [-0.39, 0.29) is 5.41 Å². The molecule has 0 spiro atoms. The predicted molar refractivity (Wildman–Crippen MR) is 81.6 cm³/mol. The van der Waals surface area contributed by atoms with Crippen LogP contribution in [0.5, 0.6) is 0 Å². The van der Waals surface area contributed by atoms with E-state index in [1.54, 1.807) is 0 Å². The van der Waals surface area contributed by atoms with Crippen molar-refractivity contribution in [3.8, 4) is 6.07 Å². The van der Waals surface area contributed by atoms with Gasteiger partial charge in [-0.05, 0) is 30.6 Å². The van der Waals surface area contributed by atoms with Gasteiger partial charge in [-0.25, -0.2) is 0 Å². The summed E-state index contributed by atoms with van der Waals surface area (Å²) < 4.78 is 5.46. The highest BCUT2D eigenvalue weighted by atomic mass is 16.5. The number of hydrogen-bond donors (Lipinski definition) is 0. The van der Waals surface area contributed by atoms with E-state index >= 15 is 0 Å². The molecule has 1 aliphatic carbocycles. The van der Waals surface area contributed by atoms with Gasteiger partial charge in [-0.2, -0.15) is 10.2 Å². The molecule has 0 N–H and O–H groups in total. The summed E-state index contributed by atoms with van der Waals surface area (Å²) in [7, 11) is 0. The van der Waals surface area contributed by atoms with Crippen molar-refractivity contribution in [3.63, 3.8) is 0 Å². The lowest BCUT2D eigenvalue weighted by Crippen LogP contribution is -2.18. The summed E-state index contributed by atoms with van der Waals surface area (Å²) in [5.74, 6) is 2.86. The highest BCUT2D eigenvalue weighted by molar-refractivity contribution is 5.00. The van der Waals surface area contributed by atoms with Crippen molar-refractivity contribution in [2.45, 2.75) is 78.1 Å². The summed E-state index contributed by atoms with van der Waals surface area (Å²) in [6, 6.07) is 2.27. The molecule has 21 heavy (non-hydrogen) atoms. The average Bonchev–Trinajstić information content (AvgIpc) is 2.96. The monoisotopic (exact) mass is 289 g/mol. The first-order chi connectivity index (χ1) is 10.1. The van der Waals surface area contributed by atoms with Crippen LogP contribution in [0.4, 0.5) is 0 Å². The Kier molecular flexibility index (Phi) is 5.39. The first-order valence-electron chi connectivity index (χ1n) is 8.29. The zero-order valence-electron chi connectivity index (χ0n) is 13.6. The Morgan fingerprint density at radius 3 is 2.86 bits per heavy atom. The molecule has 0 aliphatic heterocycles. The van der Waals surface area contributed by atoms with Gasteiger partial charge in [0.25, 0.3) is 0 Å². The fraction of sp³-hybridized carbons (Fsp3) is 0.824. The van der Waals surface area contributed by atoms with Crippen LogP contribution in [0.3, 0.4) is 0 Å². The van der Waals surface area contributed by atoms with E-state index in [1.165, 1.54) is 32.1 Å². The average molecular weight is 289 g/mol. The maximum Gasteiger partial charge on any atom is 0.227 e. The van der Waals surface area contributed by atoms with Crippen LogP contribution < -0.4 is 0 Å². The van der Waals surface area contributed by atoms with Crippen LogP contribution in [0.15, 0.2) is 4.52 Å². The van der Waals surface area contributed by atoms with Gasteiger partial charge in [-0.3, -0.25) is 0 Å². The van der Waals surface area contributed by atoms with Crippen LogP contribution >= 0.6 is 0 Å². The largest absolute Gasteiger partial charge is 0.339 e. The van der Waals surface area contributed by atoms with Crippen molar-refractivity contribution in [1.29, 1.82) is 5.26 Å². The highest BCUT2D eigenvalue weighted by Crippen LogP contribution is 2.37. The zero-order chi connectivity index (χ0) is 15.3. The van der Waals surface area contributed by atoms with Gasteiger partial charge in [0, 0.05) is 18.8 Å². The highest BCUT2D eigenvalue weighted by Gasteiger charge is 2.29. The number of nitriles is 1. The lowest BCUT2D eigenvalue weighted by Gasteiger charge is -2.26. The SMILES string of the molecule is CCC1CCCC(c2noc(CC(C)(CC)CC#N)n2)C1. The van der Waals surface area contributed by atoms with Crippen molar-refractivity contribution in [2.75, 3.05) is 0 Å². The summed E-state index contributed by atoms with van der Waals surface area (Å²) in [4.78, 5) is 4.63. The van der Waals surface area contributed by atoms with Crippen molar-refractivity contribution in [1.82, 2.24) is 10.1 Å². The first kappa shape index (κ1) is 16.0. The molecule has 0 amide bonds. The fourth-order valence-corrected chi connectivity index (χ4v) is 3.27. The molecule has 0 radical (unpaired) electrons. The molecule has 0 bridgehead atoms. The minimum absolute atomic E-state index is 0.0585. The van der Waals surface area contributed by atoms with Gasteiger partial charge in [-0.1, -0.05) is 45.2 Å². The van der Waals surface area contributed by atoms with Gasteiger partial charge in [0.2, 0.25) is 5.89 Å². The number of nitrogens with zero attached hydrogens (tertiary/aromatic N) is 3. The van der Waals surface area contributed by atoms with E-state index in [0.29, 0.717) is 24.7 Å². The predicted octanol–water partition coefficient (Wildman–Crippen LogP) is 4.63. The van der Waals surface area contributed by atoms with Crippen molar-refractivity contribution < 1.29 is 4.52 Å². The summed E-state index contributed by atoms with van der Waals surface area (Å²) in [6.07, 6.45) is 8.41. The van der Waals surface area contributed by atoms with E-state index in [1.807, 2.05) is 0 Å². The van der Waals surface area contributed by atoms with Crippen molar-refractivity contribution in [3.05, 3.63) is 11.7 Å². The van der Waals surface area contributed by atoms with Gasteiger partial charge >= 0.3 is 0 Å². The first-order valence-corrected chi connectivity index (χ1v) is 8.29. The van der Waals surface area contributed by atoms with Crippen molar-refractivity contribution in [2.24, 2.45) is 11.3 Å². The van der Waals surface area contributed by atoms with E-state index in [2.05, 4.69) is 37.0 Å². The van der Waals surface area contributed by atoms with Gasteiger partial charge in [0.1, 0.15) is 0 Å². The van der Waals surface area contributed by atoms with E-state index in [4.69, 9.17) is 9.78 Å². The molecule has 3 atom stereocenters. The minimum atomic E-state index is -0.0585. The molecule has 2 rings (SSSR count). The minimum Gasteiger partial charge on any atom is -0.339 e. The molecule has 4 nitrogen and oxygen atoms in total. The van der Waals surface area contributed by atoms with Crippen LogP contribution in [0.1, 0.15) is 83.3 Å². The molecule has 1 aliphatic rings. The zero-order valence-corrected chi connectivity index (χ0v) is 13.6.